The molecule has 0 aliphatic rings. The lowest BCUT2D eigenvalue weighted by molar-refractivity contribution is 0.0692. The van der Waals surface area contributed by atoms with Gasteiger partial charge in [0.1, 0.15) is 11.1 Å². The molecule has 5 heteroatoms. The smallest absolute Gasteiger partial charge is 0.351 e. The number of fused-ring (bicyclic) bond motifs is 1. The summed E-state index contributed by atoms with van der Waals surface area (Å²) in [5, 5.41) is 9.47. The van der Waals surface area contributed by atoms with Crippen molar-refractivity contribution in [2.45, 2.75) is 6.42 Å². The van der Waals surface area contributed by atoms with Crippen LogP contribution in [0, 0.1) is 0 Å². The van der Waals surface area contributed by atoms with Crippen molar-refractivity contribution in [3.63, 3.8) is 0 Å². The lowest BCUT2D eigenvalue weighted by Gasteiger charge is -2.00. The van der Waals surface area contributed by atoms with E-state index in [9.17, 15) is 9.59 Å². The molecule has 2 aromatic rings. The number of rotatable bonds is 4. The SMILES string of the molecule is O=C(O)c1cc2cc(C=CCCS)ccc2oc1=O. The number of hydrogen-bond donors (Lipinski definition) is 2. The highest BCUT2D eigenvalue weighted by Gasteiger charge is 2.11. The van der Waals surface area contributed by atoms with Gasteiger partial charge in [-0.15, -0.1) is 0 Å². The van der Waals surface area contributed by atoms with E-state index >= 15 is 0 Å². The van der Waals surface area contributed by atoms with Crippen LogP contribution < -0.4 is 5.63 Å². The average Bonchev–Trinajstić information content (AvgIpc) is 2.38. The molecule has 0 unspecified atom stereocenters. The van der Waals surface area contributed by atoms with E-state index < -0.39 is 11.6 Å². The Bertz CT molecular complexity index is 700. The number of benzene rings is 1. The van der Waals surface area contributed by atoms with Gasteiger partial charge in [-0.25, -0.2) is 9.59 Å². The van der Waals surface area contributed by atoms with Gasteiger partial charge in [0.2, 0.25) is 0 Å². The van der Waals surface area contributed by atoms with Crippen LogP contribution in [0.1, 0.15) is 22.3 Å². The fourth-order valence-electron chi connectivity index (χ4n) is 1.69. The van der Waals surface area contributed by atoms with E-state index in [2.05, 4.69) is 12.6 Å². The van der Waals surface area contributed by atoms with Crippen molar-refractivity contribution < 1.29 is 14.3 Å². The lowest BCUT2D eigenvalue weighted by Crippen LogP contribution is -2.12. The first-order valence-electron chi connectivity index (χ1n) is 5.70. The Morgan fingerprint density at radius 1 is 1.37 bits per heavy atom. The van der Waals surface area contributed by atoms with E-state index in [1.807, 2.05) is 12.2 Å². The molecule has 0 radical (unpaired) electrons. The maximum absolute atomic E-state index is 11.4. The van der Waals surface area contributed by atoms with Crippen LogP contribution in [-0.4, -0.2) is 16.8 Å². The molecule has 0 aliphatic heterocycles. The molecule has 1 heterocycles. The second-order valence-corrected chi connectivity index (χ2v) is 4.41. The number of aromatic carboxylic acids is 1. The molecule has 2 rings (SSSR count). The summed E-state index contributed by atoms with van der Waals surface area (Å²) in [5.74, 6) is -0.520. The summed E-state index contributed by atoms with van der Waals surface area (Å²) in [5.41, 5.74) is 0.100. The zero-order chi connectivity index (χ0) is 13.8. The maximum Gasteiger partial charge on any atom is 0.351 e. The topological polar surface area (TPSA) is 67.5 Å². The highest BCUT2D eigenvalue weighted by molar-refractivity contribution is 7.80. The van der Waals surface area contributed by atoms with Crippen molar-refractivity contribution in [1.82, 2.24) is 0 Å². The molecule has 0 bridgehead atoms. The standard InChI is InChI=1S/C14H12O4S/c15-13(16)11-8-10-7-9(3-1-2-6-19)4-5-12(10)18-14(11)17/h1,3-5,7-8,19H,2,6H2,(H,15,16). The van der Waals surface area contributed by atoms with Gasteiger partial charge in [0, 0.05) is 5.39 Å². The zero-order valence-corrected chi connectivity index (χ0v) is 10.9. The molecule has 1 N–H and O–H groups in total. The van der Waals surface area contributed by atoms with E-state index in [0.717, 1.165) is 17.7 Å². The molecule has 0 aliphatic carbocycles. The van der Waals surface area contributed by atoms with Crippen molar-refractivity contribution in [1.29, 1.82) is 0 Å². The van der Waals surface area contributed by atoms with Gasteiger partial charge in [0.05, 0.1) is 0 Å². The van der Waals surface area contributed by atoms with Gasteiger partial charge in [-0.2, -0.15) is 12.6 Å². The first-order chi connectivity index (χ1) is 9.11. The number of thiol groups is 1. The van der Waals surface area contributed by atoms with Gasteiger partial charge in [-0.05, 0) is 35.9 Å². The molecular weight excluding hydrogens is 264 g/mol. The predicted molar refractivity (Wildman–Crippen MR) is 76.9 cm³/mol. The van der Waals surface area contributed by atoms with Gasteiger partial charge in [-0.1, -0.05) is 18.2 Å². The Labute approximate surface area is 114 Å². The van der Waals surface area contributed by atoms with Crippen LogP contribution in [0.2, 0.25) is 0 Å². The Morgan fingerprint density at radius 2 is 2.16 bits per heavy atom. The van der Waals surface area contributed by atoms with Gasteiger partial charge < -0.3 is 9.52 Å². The molecule has 0 spiro atoms. The molecular formula is C14H12O4S. The molecule has 0 amide bonds. The van der Waals surface area contributed by atoms with E-state index in [-0.39, 0.29) is 5.56 Å². The Morgan fingerprint density at radius 3 is 2.84 bits per heavy atom. The highest BCUT2D eigenvalue weighted by Crippen LogP contribution is 2.17. The quantitative estimate of drug-likeness (QED) is 0.665. The molecule has 4 nitrogen and oxygen atoms in total. The average molecular weight is 276 g/mol. The van der Waals surface area contributed by atoms with Crippen molar-refractivity contribution in [3.8, 4) is 0 Å². The van der Waals surface area contributed by atoms with E-state index in [0.29, 0.717) is 11.0 Å². The van der Waals surface area contributed by atoms with E-state index in [1.165, 1.54) is 6.07 Å². The third kappa shape index (κ3) is 3.06. The summed E-state index contributed by atoms with van der Waals surface area (Å²) in [7, 11) is 0. The highest BCUT2D eigenvalue weighted by atomic mass is 32.1. The largest absolute Gasteiger partial charge is 0.477 e. The monoisotopic (exact) mass is 276 g/mol. The summed E-state index contributed by atoms with van der Waals surface area (Å²) in [6.45, 7) is 0. The van der Waals surface area contributed by atoms with E-state index in [4.69, 9.17) is 9.52 Å². The Balaban J connectivity index is 2.49. The second kappa shape index (κ2) is 5.75. The van der Waals surface area contributed by atoms with Crippen molar-refractivity contribution in [2.24, 2.45) is 0 Å². The summed E-state index contributed by atoms with van der Waals surface area (Å²) < 4.78 is 4.96. The minimum absolute atomic E-state index is 0.357. The van der Waals surface area contributed by atoms with Crippen LogP contribution >= 0.6 is 12.6 Å². The van der Waals surface area contributed by atoms with Gasteiger partial charge >= 0.3 is 11.6 Å². The predicted octanol–water partition coefficient (Wildman–Crippen LogP) is 2.82. The van der Waals surface area contributed by atoms with Crippen molar-refractivity contribution >= 4 is 35.6 Å². The molecule has 1 aromatic carbocycles. The van der Waals surface area contributed by atoms with Crippen LogP contribution in [0.4, 0.5) is 0 Å². The number of carbonyl (C=O) groups is 1. The Hall–Kier alpha value is -2.01. The number of allylic oxidation sites excluding steroid dienone is 1. The second-order valence-electron chi connectivity index (χ2n) is 3.96. The third-order valence-electron chi connectivity index (χ3n) is 2.59. The molecule has 19 heavy (non-hydrogen) atoms. The fraction of sp³-hybridized carbons (Fsp3) is 0.143. The van der Waals surface area contributed by atoms with Crippen molar-refractivity contribution in [2.75, 3.05) is 5.75 Å². The normalized spacial score (nSPS) is 11.2. The molecule has 0 saturated heterocycles. The third-order valence-corrected chi connectivity index (χ3v) is 2.85. The lowest BCUT2D eigenvalue weighted by atomic mass is 10.1. The van der Waals surface area contributed by atoms with Crippen molar-refractivity contribution in [3.05, 3.63) is 51.9 Å². The number of carboxylic acids is 1. The molecule has 0 saturated carbocycles. The van der Waals surface area contributed by atoms with Crippen LogP contribution in [0.3, 0.4) is 0 Å². The Kier molecular flexibility index (Phi) is 4.06. The summed E-state index contributed by atoms with van der Waals surface area (Å²) >= 11 is 4.11. The summed E-state index contributed by atoms with van der Waals surface area (Å²) in [6.07, 6.45) is 4.75. The summed E-state index contributed by atoms with van der Waals surface area (Å²) in [6, 6.07) is 6.57. The molecule has 98 valence electrons. The van der Waals surface area contributed by atoms with E-state index in [1.54, 1.807) is 18.2 Å². The fourth-order valence-corrected chi connectivity index (χ4v) is 1.84. The van der Waals surface area contributed by atoms with Crippen LogP contribution in [-0.2, 0) is 0 Å². The van der Waals surface area contributed by atoms with Crippen LogP contribution in [0.5, 0.6) is 0 Å². The first-order valence-corrected chi connectivity index (χ1v) is 6.33. The summed E-state index contributed by atoms with van der Waals surface area (Å²) in [4.78, 5) is 22.3. The maximum atomic E-state index is 11.4. The molecule has 0 atom stereocenters. The molecule has 1 aromatic heterocycles. The zero-order valence-electron chi connectivity index (χ0n) is 10.00. The molecule has 0 fully saturated rings. The number of hydrogen-bond acceptors (Lipinski definition) is 4. The first kappa shape index (κ1) is 13.4. The van der Waals surface area contributed by atoms with Crippen LogP contribution in [0.25, 0.3) is 17.0 Å². The van der Waals surface area contributed by atoms with Crippen LogP contribution in [0.15, 0.2) is 39.6 Å². The van der Waals surface area contributed by atoms with Gasteiger partial charge in [-0.3, -0.25) is 0 Å². The van der Waals surface area contributed by atoms with Gasteiger partial charge in [0.15, 0.2) is 0 Å². The minimum Gasteiger partial charge on any atom is -0.477 e. The van der Waals surface area contributed by atoms with Gasteiger partial charge in [0.25, 0.3) is 0 Å². The number of carboxylic acid groups (broad SMARTS) is 1. The minimum atomic E-state index is -1.29.